The van der Waals surface area contributed by atoms with E-state index in [2.05, 4.69) is 31.8 Å². The third kappa shape index (κ3) is 4.36. The topological polar surface area (TPSA) is 87.2 Å². The van der Waals surface area contributed by atoms with Crippen molar-refractivity contribution in [1.29, 1.82) is 0 Å². The van der Waals surface area contributed by atoms with E-state index in [-0.39, 0.29) is 10.9 Å². The second kappa shape index (κ2) is 7.15. The van der Waals surface area contributed by atoms with Crippen molar-refractivity contribution in [3.05, 3.63) is 12.4 Å². The molecule has 21 heavy (non-hydrogen) atoms. The lowest BCUT2D eigenvalue weighted by Gasteiger charge is -2.31. The van der Waals surface area contributed by atoms with Gasteiger partial charge in [-0.15, -0.1) is 0 Å². The van der Waals surface area contributed by atoms with Crippen molar-refractivity contribution in [3.8, 4) is 0 Å². The first-order valence-corrected chi connectivity index (χ1v) is 8.78. The Hall–Kier alpha value is -1.25. The van der Waals surface area contributed by atoms with Gasteiger partial charge in [-0.3, -0.25) is 0 Å². The number of nitrogens with one attached hydrogen (secondary N) is 2. The summed E-state index contributed by atoms with van der Waals surface area (Å²) < 4.78 is 27.3. The van der Waals surface area contributed by atoms with E-state index in [1.165, 1.54) is 12.4 Å². The van der Waals surface area contributed by atoms with Gasteiger partial charge in [-0.1, -0.05) is 6.92 Å². The molecule has 0 saturated carbocycles. The van der Waals surface area contributed by atoms with Crippen LogP contribution in [0.4, 0.5) is 5.95 Å². The monoisotopic (exact) mass is 313 g/mol. The summed E-state index contributed by atoms with van der Waals surface area (Å²) in [7, 11) is -1.85. The van der Waals surface area contributed by atoms with Crippen LogP contribution >= 0.6 is 0 Å². The first-order valence-electron chi connectivity index (χ1n) is 7.29. The maximum atomic E-state index is 12.3. The summed E-state index contributed by atoms with van der Waals surface area (Å²) in [5, 5.41) is 2.76. The Morgan fingerprint density at radius 1 is 1.29 bits per heavy atom. The highest BCUT2D eigenvalue weighted by Gasteiger charge is 2.24. The van der Waals surface area contributed by atoms with Gasteiger partial charge < -0.3 is 10.2 Å². The number of hydrogen-bond donors (Lipinski definition) is 2. The SMILES string of the molecule is CCCN1CCC(NS(=O)(=O)c2cnc(NC)nc2)CC1. The van der Waals surface area contributed by atoms with Gasteiger partial charge in [0.25, 0.3) is 0 Å². The van der Waals surface area contributed by atoms with Gasteiger partial charge in [0.2, 0.25) is 16.0 Å². The smallest absolute Gasteiger partial charge is 0.243 e. The number of anilines is 1. The van der Waals surface area contributed by atoms with Crippen LogP contribution in [0.5, 0.6) is 0 Å². The standard InChI is InChI=1S/C13H23N5O2S/c1-3-6-18-7-4-11(5-8-18)17-21(19,20)12-9-15-13(14-2)16-10-12/h9-11,17H,3-8H2,1-2H3,(H,14,15,16). The summed E-state index contributed by atoms with van der Waals surface area (Å²) in [5.41, 5.74) is 0. The molecule has 1 aliphatic rings. The Morgan fingerprint density at radius 2 is 1.90 bits per heavy atom. The fourth-order valence-corrected chi connectivity index (χ4v) is 3.66. The van der Waals surface area contributed by atoms with Crippen molar-refractivity contribution in [2.75, 3.05) is 32.0 Å². The molecule has 1 saturated heterocycles. The molecule has 2 heterocycles. The molecule has 2 rings (SSSR count). The van der Waals surface area contributed by atoms with E-state index >= 15 is 0 Å². The van der Waals surface area contributed by atoms with Gasteiger partial charge in [-0.05, 0) is 38.9 Å². The molecule has 1 aromatic heterocycles. The minimum atomic E-state index is -3.54. The molecular weight excluding hydrogens is 290 g/mol. The van der Waals surface area contributed by atoms with Crippen LogP contribution in [0.25, 0.3) is 0 Å². The molecule has 0 atom stereocenters. The van der Waals surface area contributed by atoms with Crippen LogP contribution in [0, 0.1) is 0 Å². The molecule has 7 nitrogen and oxygen atoms in total. The lowest BCUT2D eigenvalue weighted by molar-refractivity contribution is 0.208. The third-order valence-corrected chi connectivity index (χ3v) is 5.09. The molecule has 0 aliphatic carbocycles. The minimum Gasteiger partial charge on any atom is -0.357 e. The molecule has 0 spiro atoms. The third-order valence-electron chi connectivity index (χ3n) is 3.61. The van der Waals surface area contributed by atoms with Crippen LogP contribution in [0.2, 0.25) is 0 Å². The van der Waals surface area contributed by atoms with Crippen molar-refractivity contribution in [2.24, 2.45) is 0 Å². The highest BCUT2D eigenvalue weighted by Crippen LogP contribution is 2.14. The Morgan fingerprint density at radius 3 is 2.43 bits per heavy atom. The summed E-state index contributed by atoms with van der Waals surface area (Å²) in [4.78, 5) is 10.4. The van der Waals surface area contributed by atoms with Crippen LogP contribution < -0.4 is 10.0 Å². The second-order valence-corrected chi connectivity index (χ2v) is 6.94. The Bertz CT molecular complexity index is 538. The van der Waals surface area contributed by atoms with Crippen molar-refractivity contribution in [1.82, 2.24) is 19.6 Å². The van der Waals surface area contributed by atoms with Crippen molar-refractivity contribution in [3.63, 3.8) is 0 Å². The van der Waals surface area contributed by atoms with Gasteiger partial charge in [-0.2, -0.15) is 0 Å². The van der Waals surface area contributed by atoms with E-state index in [0.717, 1.165) is 38.9 Å². The highest BCUT2D eigenvalue weighted by molar-refractivity contribution is 7.89. The van der Waals surface area contributed by atoms with Crippen molar-refractivity contribution < 1.29 is 8.42 Å². The molecule has 1 aliphatic heterocycles. The van der Waals surface area contributed by atoms with E-state index in [9.17, 15) is 8.42 Å². The zero-order valence-corrected chi connectivity index (χ0v) is 13.4. The predicted octanol–water partition coefficient (Wildman–Crippen LogP) is 0.671. The first-order chi connectivity index (χ1) is 10.0. The number of likely N-dealkylation sites (tertiary alicyclic amines) is 1. The number of aromatic nitrogens is 2. The van der Waals surface area contributed by atoms with Crippen LogP contribution in [-0.4, -0.2) is 56.0 Å². The van der Waals surface area contributed by atoms with Gasteiger partial charge in [0.15, 0.2) is 0 Å². The minimum absolute atomic E-state index is 0.00733. The Labute approximate surface area is 126 Å². The van der Waals surface area contributed by atoms with E-state index in [1.54, 1.807) is 7.05 Å². The van der Waals surface area contributed by atoms with Gasteiger partial charge in [0.1, 0.15) is 4.90 Å². The summed E-state index contributed by atoms with van der Waals surface area (Å²) in [6.07, 6.45) is 5.47. The predicted molar refractivity (Wildman–Crippen MR) is 81.7 cm³/mol. The molecule has 2 N–H and O–H groups in total. The zero-order chi connectivity index (χ0) is 15.3. The largest absolute Gasteiger partial charge is 0.357 e. The average Bonchev–Trinajstić information content (AvgIpc) is 2.49. The lowest BCUT2D eigenvalue weighted by atomic mass is 10.1. The van der Waals surface area contributed by atoms with Gasteiger partial charge in [-0.25, -0.2) is 23.1 Å². The maximum absolute atomic E-state index is 12.3. The second-order valence-electron chi connectivity index (χ2n) is 5.23. The summed E-state index contributed by atoms with van der Waals surface area (Å²) >= 11 is 0. The normalized spacial score (nSPS) is 17.8. The number of piperidine rings is 1. The van der Waals surface area contributed by atoms with E-state index in [1.807, 2.05) is 0 Å². The number of rotatable bonds is 6. The first kappa shape index (κ1) is 16.1. The zero-order valence-electron chi connectivity index (χ0n) is 12.5. The molecule has 0 unspecified atom stereocenters. The van der Waals surface area contributed by atoms with E-state index in [0.29, 0.717) is 5.95 Å². The highest BCUT2D eigenvalue weighted by atomic mass is 32.2. The summed E-state index contributed by atoms with van der Waals surface area (Å²) in [6, 6.07) is -0.00733. The molecule has 0 bridgehead atoms. The van der Waals surface area contributed by atoms with Crippen LogP contribution in [0.3, 0.4) is 0 Å². The van der Waals surface area contributed by atoms with E-state index < -0.39 is 10.0 Å². The Kier molecular flexibility index (Phi) is 5.49. The van der Waals surface area contributed by atoms with Gasteiger partial charge >= 0.3 is 0 Å². The van der Waals surface area contributed by atoms with Crippen molar-refractivity contribution in [2.45, 2.75) is 37.1 Å². The average molecular weight is 313 g/mol. The number of hydrogen-bond acceptors (Lipinski definition) is 6. The van der Waals surface area contributed by atoms with Crippen molar-refractivity contribution >= 4 is 16.0 Å². The quantitative estimate of drug-likeness (QED) is 0.803. The summed E-state index contributed by atoms with van der Waals surface area (Å²) in [6.45, 7) is 5.12. The molecule has 8 heteroatoms. The fraction of sp³-hybridized carbons (Fsp3) is 0.692. The molecule has 0 aromatic carbocycles. The maximum Gasteiger partial charge on any atom is 0.243 e. The van der Waals surface area contributed by atoms with Gasteiger partial charge in [0.05, 0.1) is 12.4 Å². The molecule has 0 radical (unpaired) electrons. The molecule has 1 fully saturated rings. The van der Waals surface area contributed by atoms with Crippen LogP contribution in [0.1, 0.15) is 26.2 Å². The molecule has 118 valence electrons. The lowest BCUT2D eigenvalue weighted by Crippen LogP contribution is -2.44. The van der Waals surface area contributed by atoms with Gasteiger partial charge in [0, 0.05) is 13.1 Å². The Balaban J connectivity index is 1.95. The molecule has 1 aromatic rings. The fourth-order valence-electron chi connectivity index (χ4n) is 2.46. The summed E-state index contributed by atoms with van der Waals surface area (Å²) in [5.74, 6) is 0.404. The number of sulfonamides is 1. The van der Waals surface area contributed by atoms with E-state index in [4.69, 9.17) is 0 Å². The van der Waals surface area contributed by atoms with Crippen LogP contribution in [-0.2, 0) is 10.0 Å². The number of nitrogens with zero attached hydrogens (tertiary/aromatic N) is 3. The molecule has 0 amide bonds. The molecular formula is C13H23N5O2S. The van der Waals surface area contributed by atoms with Crippen LogP contribution in [0.15, 0.2) is 17.3 Å².